The molecule has 0 fully saturated rings. The minimum Gasteiger partial charge on any atom is -0.320 e. The first kappa shape index (κ1) is 11.5. The average molecular weight is 274 g/mol. The molecule has 8 heteroatoms. The van der Waals surface area contributed by atoms with Gasteiger partial charge in [-0.2, -0.15) is 0 Å². The van der Waals surface area contributed by atoms with Crippen molar-refractivity contribution in [1.29, 1.82) is 0 Å². The van der Waals surface area contributed by atoms with Crippen molar-refractivity contribution in [2.75, 3.05) is 5.32 Å². The van der Waals surface area contributed by atoms with Gasteiger partial charge in [-0.25, -0.2) is 9.98 Å². The Labute approximate surface area is 110 Å². The van der Waals surface area contributed by atoms with Crippen molar-refractivity contribution < 1.29 is 9.72 Å². The number of hydrogen-bond acceptors (Lipinski definition) is 6. The minimum atomic E-state index is -0.538. The number of para-hydroxylation sites is 1. The average Bonchev–Trinajstić information content (AvgIpc) is 2.96. The van der Waals surface area contributed by atoms with Gasteiger partial charge in [0.1, 0.15) is 11.9 Å². The standard InChI is InChI=1S/C11H6N4O3S/c16-10-9(6-3-1-2-4-7(6)13-10)14-11-12-5-8(19-11)15(17)18/h1-5H,(H,12,13,14,16). The van der Waals surface area contributed by atoms with Gasteiger partial charge in [0.05, 0.1) is 10.6 Å². The number of thiazole rings is 1. The van der Waals surface area contributed by atoms with Crippen molar-refractivity contribution in [3.63, 3.8) is 0 Å². The Kier molecular flexibility index (Phi) is 2.57. The molecule has 0 aliphatic carbocycles. The maximum Gasteiger partial charge on any atom is 0.345 e. The molecule has 1 amide bonds. The zero-order valence-corrected chi connectivity index (χ0v) is 10.2. The molecule has 1 aliphatic heterocycles. The van der Waals surface area contributed by atoms with Crippen molar-refractivity contribution in [2.45, 2.75) is 0 Å². The van der Waals surface area contributed by atoms with Crippen LogP contribution in [0.15, 0.2) is 35.5 Å². The van der Waals surface area contributed by atoms with Crippen LogP contribution >= 0.6 is 11.3 Å². The molecule has 94 valence electrons. The van der Waals surface area contributed by atoms with Crippen molar-refractivity contribution in [3.05, 3.63) is 46.1 Å². The summed E-state index contributed by atoms with van der Waals surface area (Å²) in [6, 6.07) is 7.11. The van der Waals surface area contributed by atoms with Crippen LogP contribution in [0.1, 0.15) is 5.56 Å². The van der Waals surface area contributed by atoms with E-state index in [1.807, 2.05) is 0 Å². The minimum absolute atomic E-state index is 0.106. The highest BCUT2D eigenvalue weighted by Crippen LogP contribution is 2.30. The molecule has 0 bridgehead atoms. The summed E-state index contributed by atoms with van der Waals surface area (Å²) < 4.78 is 0. The van der Waals surface area contributed by atoms with E-state index < -0.39 is 4.92 Å². The van der Waals surface area contributed by atoms with Crippen molar-refractivity contribution in [1.82, 2.24) is 4.98 Å². The number of anilines is 1. The monoisotopic (exact) mass is 274 g/mol. The molecule has 1 aromatic heterocycles. The Morgan fingerprint density at radius 1 is 1.37 bits per heavy atom. The number of nitrogens with one attached hydrogen (secondary N) is 1. The van der Waals surface area contributed by atoms with Crippen LogP contribution in [0.4, 0.5) is 15.8 Å². The van der Waals surface area contributed by atoms with Gasteiger partial charge in [-0.05, 0) is 17.4 Å². The molecule has 19 heavy (non-hydrogen) atoms. The summed E-state index contributed by atoms with van der Waals surface area (Å²) in [4.78, 5) is 29.7. The van der Waals surface area contributed by atoms with Crippen LogP contribution in [0, 0.1) is 10.1 Å². The van der Waals surface area contributed by atoms with Gasteiger partial charge in [-0.3, -0.25) is 14.9 Å². The van der Waals surface area contributed by atoms with E-state index in [1.54, 1.807) is 24.3 Å². The molecule has 3 rings (SSSR count). The summed E-state index contributed by atoms with van der Waals surface area (Å²) in [6.45, 7) is 0. The number of aromatic nitrogens is 1. The summed E-state index contributed by atoms with van der Waals surface area (Å²) >= 11 is 0.827. The summed E-state index contributed by atoms with van der Waals surface area (Å²) in [5.41, 5.74) is 1.57. The fourth-order valence-electron chi connectivity index (χ4n) is 1.70. The van der Waals surface area contributed by atoms with Gasteiger partial charge in [0, 0.05) is 5.56 Å². The Balaban J connectivity index is 2.03. The highest BCUT2D eigenvalue weighted by Gasteiger charge is 2.26. The second-order valence-electron chi connectivity index (χ2n) is 3.70. The van der Waals surface area contributed by atoms with E-state index in [4.69, 9.17) is 0 Å². The number of aliphatic imine (C=N–C) groups is 1. The highest BCUT2D eigenvalue weighted by atomic mass is 32.1. The summed E-state index contributed by atoms with van der Waals surface area (Å²) in [6.07, 6.45) is 1.13. The molecule has 0 saturated carbocycles. The molecule has 0 spiro atoms. The van der Waals surface area contributed by atoms with E-state index in [0.29, 0.717) is 11.3 Å². The van der Waals surface area contributed by atoms with Crippen molar-refractivity contribution in [3.8, 4) is 0 Å². The van der Waals surface area contributed by atoms with Gasteiger partial charge in [0.2, 0.25) is 5.13 Å². The largest absolute Gasteiger partial charge is 0.345 e. The van der Waals surface area contributed by atoms with Gasteiger partial charge in [-0.1, -0.05) is 18.2 Å². The molecular weight excluding hydrogens is 268 g/mol. The van der Waals surface area contributed by atoms with Crippen LogP contribution < -0.4 is 5.32 Å². The van der Waals surface area contributed by atoms with E-state index in [0.717, 1.165) is 17.5 Å². The van der Waals surface area contributed by atoms with Crippen molar-refractivity contribution in [2.24, 2.45) is 4.99 Å². The lowest BCUT2D eigenvalue weighted by Gasteiger charge is -1.94. The van der Waals surface area contributed by atoms with E-state index in [-0.39, 0.29) is 21.8 Å². The fourth-order valence-corrected chi connectivity index (χ4v) is 2.31. The molecule has 1 aliphatic rings. The quantitative estimate of drug-likeness (QED) is 0.670. The number of carbonyl (C=O) groups is 1. The van der Waals surface area contributed by atoms with E-state index >= 15 is 0 Å². The molecule has 0 atom stereocenters. The number of hydrogen-bond donors (Lipinski definition) is 1. The molecule has 7 nitrogen and oxygen atoms in total. The first-order valence-electron chi connectivity index (χ1n) is 5.25. The van der Waals surface area contributed by atoms with Crippen LogP contribution in [0.3, 0.4) is 0 Å². The normalized spacial score (nSPS) is 15.4. The molecule has 2 heterocycles. The Morgan fingerprint density at radius 3 is 2.89 bits per heavy atom. The Bertz CT molecular complexity index is 722. The molecule has 0 radical (unpaired) electrons. The molecule has 1 aromatic carbocycles. The number of amides is 1. The second-order valence-corrected chi connectivity index (χ2v) is 4.69. The SMILES string of the molecule is O=C1Nc2ccccc2/C1=N/c1ncc([N+](=O)[O-])s1. The molecule has 0 saturated heterocycles. The molecule has 0 unspecified atom stereocenters. The van der Waals surface area contributed by atoms with Crippen LogP contribution in [-0.2, 0) is 4.79 Å². The number of nitrogens with zero attached hydrogens (tertiary/aromatic N) is 3. The fraction of sp³-hybridized carbons (Fsp3) is 0. The van der Waals surface area contributed by atoms with E-state index in [1.165, 1.54) is 0 Å². The third kappa shape index (κ3) is 1.97. The zero-order chi connectivity index (χ0) is 13.4. The predicted molar refractivity (Wildman–Crippen MR) is 70.0 cm³/mol. The lowest BCUT2D eigenvalue weighted by Crippen LogP contribution is -2.13. The second kappa shape index (κ2) is 4.25. The molecule has 1 N–H and O–H groups in total. The third-order valence-electron chi connectivity index (χ3n) is 2.51. The zero-order valence-electron chi connectivity index (χ0n) is 9.36. The third-order valence-corrected chi connectivity index (χ3v) is 3.36. The van der Waals surface area contributed by atoms with Gasteiger partial charge in [-0.15, -0.1) is 0 Å². The first-order valence-corrected chi connectivity index (χ1v) is 6.06. The predicted octanol–water partition coefficient (Wildman–Crippen LogP) is 2.12. The van der Waals surface area contributed by atoms with Gasteiger partial charge >= 0.3 is 5.00 Å². The Hall–Kier alpha value is -2.61. The van der Waals surface area contributed by atoms with Crippen LogP contribution in [0.2, 0.25) is 0 Å². The number of fused-ring (bicyclic) bond motifs is 1. The van der Waals surface area contributed by atoms with Crippen molar-refractivity contribution >= 4 is 38.8 Å². The maximum atomic E-state index is 11.8. The lowest BCUT2D eigenvalue weighted by atomic mass is 10.1. The topological polar surface area (TPSA) is 97.5 Å². The Morgan fingerprint density at radius 2 is 2.16 bits per heavy atom. The van der Waals surface area contributed by atoms with Gasteiger partial charge in [0.25, 0.3) is 5.91 Å². The lowest BCUT2D eigenvalue weighted by molar-refractivity contribution is -0.380. The smallest absolute Gasteiger partial charge is 0.320 e. The number of rotatable bonds is 2. The number of carbonyl (C=O) groups excluding carboxylic acids is 1. The van der Waals surface area contributed by atoms with Crippen LogP contribution in [0.5, 0.6) is 0 Å². The van der Waals surface area contributed by atoms with E-state index in [2.05, 4.69) is 15.3 Å². The maximum absolute atomic E-state index is 11.8. The summed E-state index contributed by atoms with van der Waals surface area (Å²) in [7, 11) is 0. The van der Waals surface area contributed by atoms with E-state index in [9.17, 15) is 14.9 Å². The van der Waals surface area contributed by atoms with Gasteiger partial charge < -0.3 is 5.32 Å². The molecular formula is C11H6N4O3S. The summed E-state index contributed by atoms with van der Waals surface area (Å²) in [5, 5.41) is 13.3. The summed E-state index contributed by atoms with van der Waals surface area (Å²) in [5.74, 6) is -0.334. The first-order chi connectivity index (χ1) is 9.15. The van der Waals surface area contributed by atoms with Crippen LogP contribution in [0.25, 0.3) is 0 Å². The highest BCUT2D eigenvalue weighted by molar-refractivity contribution is 7.18. The van der Waals surface area contributed by atoms with Crippen LogP contribution in [-0.4, -0.2) is 21.5 Å². The molecule has 2 aromatic rings. The number of nitro groups is 1. The van der Waals surface area contributed by atoms with Gasteiger partial charge in [0.15, 0.2) is 0 Å². The number of benzene rings is 1.